The zero-order valence-corrected chi connectivity index (χ0v) is 17.3. The molecule has 0 atom stereocenters. The summed E-state index contributed by atoms with van der Waals surface area (Å²) in [5.41, 5.74) is 1.13. The van der Waals surface area contributed by atoms with Gasteiger partial charge in [-0.05, 0) is 42.4 Å². The largest absolute Gasteiger partial charge is 0.496 e. The summed E-state index contributed by atoms with van der Waals surface area (Å²) in [6.45, 7) is 5.73. The fraction of sp³-hybridized carbons (Fsp3) is 0.381. The molecular weight excluding hydrogens is 405 g/mol. The number of alkyl halides is 3. The zero-order valence-electron chi connectivity index (χ0n) is 16.6. The number of amides is 1. The van der Waals surface area contributed by atoms with E-state index >= 15 is 0 Å². The number of nitrogens with zero attached hydrogens (tertiary/aromatic N) is 1. The first-order chi connectivity index (χ1) is 13.4. The highest BCUT2D eigenvalue weighted by atomic mass is 35.5. The molecule has 4 nitrogen and oxygen atoms in total. The molecule has 0 radical (unpaired) electrons. The van der Waals surface area contributed by atoms with Gasteiger partial charge in [-0.1, -0.05) is 31.5 Å². The second-order valence-corrected chi connectivity index (χ2v) is 8.25. The first-order valence-corrected chi connectivity index (χ1v) is 9.39. The molecule has 156 valence electrons. The predicted octanol–water partition coefficient (Wildman–Crippen LogP) is 5.34. The molecule has 2 aromatic carbocycles. The summed E-state index contributed by atoms with van der Waals surface area (Å²) in [5, 5.41) is 3.04. The molecule has 0 saturated heterocycles. The number of carbonyl (C=O) groups excluding carboxylic acids is 1. The Kier molecular flexibility index (Phi) is 5.58. The lowest BCUT2D eigenvalue weighted by Gasteiger charge is -2.39. The van der Waals surface area contributed by atoms with Crippen molar-refractivity contribution < 1.29 is 22.7 Å². The van der Waals surface area contributed by atoms with Crippen molar-refractivity contribution in [1.82, 2.24) is 4.90 Å². The van der Waals surface area contributed by atoms with Crippen molar-refractivity contribution in [2.75, 3.05) is 26.0 Å². The maximum absolute atomic E-state index is 13.2. The minimum absolute atomic E-state index is 0.105. The molecule has 1 N–H and O–H groups in total. The lowest BCUT2D eigenvalue weighted by Crippen LogP contribution is -2.40. The van der Waals surface area contributed by atoms with Gasteiger partial charge in [0.05, 0.1) is 23.4 Å². The molecule has 1 aliphatic rings. The third-order valence-electron chi connectivity index (χ3n) is 5.08. The van der Waals surface area contributed by atoms with Gasteiger partial charge in [0.25, 0.3) is 5.91 Å². The average Bonchev–Trinajstić information content (AvgIpc) is 2.62. The molecule has 0 fully saturated rings. The molecule has 0 aliphatic carbocycles. The summed E-state index contributed by atoms with van der Waals surface area (Å²) in [6.07, 6.45) is -4.64. The quantitative estimate of drug-likeness (QED) is 0.720. The number of hydrogen-bond acceptors (Lipinski definition) is 3. The molecule has 3 rings (SSSR count). The molecule has 1 aliphatic heterocycles. The van der Waals surface area contributed by atoms with Crippen molar-refractivity contribution in [2.24, 2.45) is 0 Å². The normalized spacial score (nSPS) is 16.3. The number of anilines is 1. The van der Waals surface area contributed by atoms with Gasteiger partial charge < -0.3 is 15.0 Å². The summed E-state index contributed by atoms with van der Waals surface area (Å²) >= 11 is 6.56. The van der Waals surface area contributed by atoms with E-state index in [0.717, 1.165) is 36.9 Å². The first-order valence-electron chi connectivity index (χ1n) is 9.01. The maximum atomic E-state index is 13.2. The molecule has 29 heavy (non-hydrogen) atoms. The Hall–Kier alpha value is -2.25. The van der Waals surface area contributed by atoms with Crippen LogP contribution in [0.5, 0.6) is 5.75 Å². The van der Waals surface area contributed by atoms with Crippen molar-refractivity contribution >= 4 is 23.2 Å². The Labute approximate surface area is 172 Å². The van der Waals surface area contributed by atoms with Gasteiger partial charge in [0.2, 0.25) is 0 Å². The van der Waals surface area contributed by atoms with E-state index in [-0.39, 0.29) is 16.7 Å². The predicted molar refractivity (Wildman–Crippen MR) is 107 cm³/mol. The SMILES string of the molecule is COc1ccc(C(=O)Nc2ccc3c(c2Cl)CN(C)CC3(C)C)cc1C(F)(F)F. The highest BCUT2D eigenvalue weighted by Gasteiger charge is 2.35. The van der Waals surface area contributed by atoms with Gasteiger partial charge in [-0.3, -0.25) is 4.79 Å². The molecule has 0 aromatic heterocycles. The Bertz CT molecular complexity index is 958. The maximum Gasteiger partial charge on any atom is 0.419 e. The Morgan fingerprint density at radius 3 is 2.55 bits per heavy atom. The number of methoxy groups -OCH3 is 1. The van der Waals surface area contributed by atoms with Crippen molar-refractivity contribution in [2.45, 2.75) is 32.0 Å². The summed E-state index contributed by atoms with van der Waals surface area (Å²) in [4.78, 5) is 14.8. The molecule has 0 spiro atoms. The molecule has 8 heteroatoms. The van der Waals surface area contributed by atoms with Crippen LogP contribution >= 0.6 is 11.6 Å². The minimum atomic E-state index is -4.64. The van der Waals surface area contributed by atoms with E-state index in [1.165, 1.54) is 6.07 Å². The Morgan fingerprint density at radius 2 is 1.93 bits per heavy atom. The molecular formula is C21H22ClF3N2O2. The highest BCUT2D eigenvalue weighted by molar-refractivity contribution is 6.34. The summed E-state index contributed by atoms with van der Waals surface area (Å²) in [6, 6.07) is 6.80. The van der Waals surface area contributed by atoms with E-state index in [1.807, 2.05) is 13.1 Å². The van der Waals surface area contributed by atoms with Crippen molar-refractivity contribution in [3.05, 3.63) is 57.6 Å². The zero-order chi connectivity index (χ0) is 21.6. The average molecular weight is 427 g/mol. The van der Waals surface area contributed by atoms with Crippen LogP contribution in [-0.2, 0) is 18.1 Å². The monoisotopic (exact) mass is 426 g/mol. The Balaban J connectivity index is 1.94. The molecule has 1 amide bonds. The fourth-order valence-electron chi connectivity index (χ4n) is 3.86. The van der Waals surface area contributed by atoms with Crippen LogP contribution in [0, 0.1) is 0 Å². The summed E-state index contributed by atoms with van der Waals surface area (Å²) in [5.74, 6) is -1.02. The second-order valence-electron chi connectivity index (χ2n) is 7.88. The minimum Gasteiger partial charge on any atom is -0.496 e. The number of benzene rings is 2. The van der Waals surface area contributed by atoms with Crippen LogP contribution in [0.15, 0.2) is 30.3 Å². The number of fused-ring (bicyclic) bond motifs is 1. The van der Waals surface area contributed by atoms with Gasteiger partial charge in [0, 0.05) is 24.1 Å². The lowest BCUT2D eigenvalue weighted by atomic mass is 9.78. The van der Waals surface area contributed by atoms with E-state index in [9.17, 15) is 18.0 Å². The van der Waals surface area contributed by atoms with Gasteiger partial charge in [-0.15, -0.1) is 0 Å². The number of rotatable bonds is 3. The van der Waals surface area contributed by atoms with E-state index in [0.29, 0.717) is 17.3 Å². The van der Waals surface area contributed by atoms with Crippen LogP contribution in [0.2, 0.25) is 5.02 Å². The van der Waals surface area contributed by atoms with E-state index < -0.39 is 17.6 Å². The molecule has 0 bridgehead atoms. The molecule has 1 heterocycles. The molecule has 0 saturated carbocycles. The van der Waals surface area contributed by atoms with Crippen molar-refractivity contribution in [3.63, 3.8) is 0 Å². The van der Waals surface area contributed by atoms with Crippen molar-refractivity contribution in [3.8, 4) is 5.75 Å². The van der Waals surface area contributed by atoms with Crippen LogP contribution in [0.25, 0.3) is 0 Å². The highest BCUT2D eigenvalue weighted by Crippen LogP contribution is 2.40. The van der Waals surface area contributed by atoms with E-state index in [2.05, 4.69) is 24.1 Å². The van der Waals surface area contributed by atoms with E-state index in [4.69, 9.17) is 16.3 Å². The standard InChI is InChI=1S/C21H22ClF3N2O2/c1-20(2)11-27(3)10-13-14(20)6-7-16(18(13)22)26-19(28)12-5-8-17(29-4)15(9-12)21(23,24)25/h5-9H,10-11H2,1-4H3,(H,26,28). The summed E-state index contributed by atoms with van der Waals surface area (Å²) < 4.78 is 44.4. The fourth-order valence-corrected chi connectivity index (χ4v) is 4.13. The number of hydrogen-bond donors (Lipinski definition) is 1. The molecule has 0 unspecified atom stereocenters. The third-order valence-corrected chi connectivity index (χ3v) is 5.51. The van der Waals surface area contributed by atoms with Crippen LogP contribution in [0.3, 0.4) is 0 Å². The van der Waals surface area contributed by atoms with Gasteiger partial charge in [-0.25, -0.2) is 0 Å². The first kappa shape index (κ1) is 21.5. The van der Waals surface area contributed by atoms with Gasteiger partial charge in [-0.2, -0.15) is 13.2 Å². The van der Waals surface area contributed by atoms with Crippen molar-refractivity contribution in [1.29, 1.82) is 0 Å². The molecule has 2 aromatic rings. The topological polar surface area (TPSA) is 41.6 Å². The second kappa shape index (κ2) is 7.54. The van der Waals surface area contributed by atoms with E-state index in [1.54, 1.807) is 6.07 Å². The lowest BCUT2D eigenvalue weighted by molar-refractivity contribution is -0.138. The van der Waals surface area contributed by atoms with Gasteiger partial charge >= 0.3 is 6.18 Å². The smallest absolute Gasteiger partial charge is 0.419 e. The van der Waals surface area contributed by atoms with Crippen LogP contribution < -0.4 is 10.1 Å². The number of halogens is 4. The summed E-state index contributed by atoms with van der Waals surface area (Å²) in [7, 11) is 3.14. The number of carbonyl (C=O) groups is 1. The van der Waals surface area contributed by atoms with Crippen LogP contribution in [-0.4, -0.2) is 31.5 Å². The van der Waals surface area contributed by atoms with Gasteiger partial charge in [0.15, 0.2) is 0 Å². The number of likely N-dealkylation sites (N-methyl/N-ethyl adjacent to an activating group) is 1. The van der Waals surface area contributed by atoms with Gasteiger partial charge in [0.1, 0.15) is 5.75 Å². The van der Waals surface area contributed by atoms with Crippen LogP contribution in [0.4, 0.5) is 18.9 Å². The number of ether oxygens (including phenoxy) is 1. The third kappa shape index (κ3) is 4.21. The Morgan fingerprint density at radius 1 is 1.24 bits per heavy atom. The number of nitrogens with one attached hydrogen (secondary N) is 1. The van der Waals surface area contributed by atoms with Crippen LogP contribution in [0.1, 0.15) is 40.9 Å².